The quantitative estimate of drug-likeness (QED) is 0.107. The Kier molecular flexibility index (Phi) is 13.7. The first kappa shape index (κ1) is 56.8. The molecule has 12 aromatic rings. The van der Waals surface area contributed by atoms with Gasteiger partial charge >= 0.3 is 0 Å². The summed E-state index contributed by atoms with van der Waals surface area (Å²) in [6, 6.07) is 73.5. The summed E-state index contributed by atoms with van der Waals surface area (Å²) in [5, 5.41) is 7.50. The minimum atomic E-state index is -0.0665. The summed E-state index contributed by atoms with van der Waals surface area (Å²) in [4.78, 5) is 6.09. The van der Waals surface area contributed by atoms with Gasteiger partial charge in [0.25, 0.3) is 6.71 Å². The van der Waals surface area contributed by atoms with Crippen molar-refractivity contribution in [2.45, 2.75) is 128 Å². The van der Waals surface area contributed by atoms with Crippen LogP contribution < -0.4 is 26.2 Å². The van der Waals surface area contributed by atoms with Crippen molar-refractivity contribution in [2.75, 3.05) is 9.80 Å². The van der Waals surface area contributed by atoms with Gasteiger partial charge in [-0.2, -0.15) is 0 Å². The Bertz CT molecular complexity index is 4990. The molecule has 6 aliphatic carbocycles. The highest BCUT2D eigenvalue weighted by molar-refractivity contribution is 7.00. The first-order valence-corrected chi connectivity index (χ1v) is 36.7. The lowest BCUT2D eigenvalue weighted by atomic mass is 9.33. The molecule has 3 aromatic heterocycles. The lowest BCUT2D eigenvalue weighted by Gasteiger charge is -2.53. The molecule has 0 N–H and O–H groups in total. The molecule has 8 aliphatic rings. The highest BCUT2D eigenvalue weighted by Crippen LogP contribution is 2.54. The maximum Gasteiger partial charge on any atom is 0.252 e. The number of nitrogens with zero attached hydrogens (tertiary/aromatic N) is 4. The van der Waals surface area contributed by atoms with Crippen LogP contribution in [0.4, 0.5) is 22.7 Å². The molecule has 0 saturated heterocycles. The molecule has 6 atom stereocenters. The molecule has 6 heteroatoms. The van der Waals surface area contributed by atoms with Crippen molar-refractivity contribution in [2.24, 2.45) is 23.7 Å². The van der Waals surface area contributed by atoms with E-state index in [1.54, 1.807) is 22.3 Å². The summed E-state index contributed by atoms with van der Waals surface area (Å²) in [5.41, 5.74) is 28.2. The minimum Gasteiger partial charge on any atom is -0.456 e. The molecule has 9 aromatic carbocycles. The molecule has 2 aliphatic heterocycles. The van der Waals surface area contributed by atoms with Crippen molar-refractivity contribution >= 4 is 111 Å². The Morgan fingerprint density at radius 3 is 1.29 bits per heavy atom. The second-order valence-corrected chi connectivity index (χ2v) is 29.3. The third-order valence-corrected chi connectivity index (χ3v) is 24.3. The van der Waals surface area contributed by atoms with Crippen molar-refractivity contribution in [3.8, 4) is 22.5 Å². The van der Waals surface area contributed by atoms with Crippen molar-refractivity contribution in [1.29, 1.82) is 0 Å². The Balaban J connectivity index is 0.928. The first-order chi connectivity index (χ1) is 47.7. The van der Waals surface area contributed by atoms with Crippen molar-refractivity contribution in [3.63, 3.8) is 0 Å². The minimum absolute atomic E-state index is 0.0665. The zero-order chi connectivity index (χ0) is 63.0. The van der Waals surface area contributed by atoms with Crippen LogP contribution in [0.3, 0.4) is 0 Å². The molecular weight excluding hydrogens is 1160 g/mol. The topological polar surface area (TPSA) is 29.5 Å². The van der Waals surface area contributed by atoms with Gasteiger partial charge in [-0.25, -0.2) is 0 Å². The summed E-state index contributed by atoms with van der Waals surface area (Å²) in [7, 11) is 0. The van der Waals surface area contributed by atoms with E-state index in [1.807, 2.05) is 0 Å². The number of benzene rings is 9. The largest absolute Gasteiger partial charge is 0.456 e. The molecule has 0 spiro atoms. The molecule has 96 heavy (non-hydrogen) atoms. The lowest BCUT2D eigenvalue weighted by molar-refractivity contribution is 0.391. The van der Waals surface area contributed by atoms with Crippen LogP contribution in [0.1, 0.15) is 116 Å². The summed E-state index contributed by atoms with van der Waals surface area (Å²) in [5.74, 6) is 1.65. The van der Waals surface area contributed by atoms with Gasteiger partial charge in [0.1, 0.15) is 11.2 Å². The van der Waals surface area contributed by atoms with Crippen molar-refractivity contribution < 1.29 is 4.42 Å². The zero-order valence-corrected chi connectivity index (χ0v) is 55.0. The molecule has 0 radical (unpaired) electrons. The van der Waals surface area contributed by atoms with E-state index in [1.165, 1.54) is 180 Å². The normalized spacial score (nSPS) is 22.6. The molecule has 0 fully saturated rings. The second kappa shape index (κ2) is 23.1. The van der Waals surface area contributed by atoms with Gasteiger partial charge in [-0.15, -0.1) is 0 Å². The molecule has 0 saturated carbocycles. The van der Waals surface area contributed by atoms with E-state index in [4.69, 9.17) is 4.42 Å². The van der Waals surface area contributed by atoms with Crippen LogP contribution >= 0.6 is 0 Å². The SMILES string of the molecule is C1=CCC(C2=CCCC(C3=CCCCC3)C2N2c3cc(-n4c5ccccc5c5ccccc54)ccc3B3c4ccc(-n5c6ccccc6c6ccccc65)cc4N(C4C(C5CC=CCC5)=CCCC4C4=CCCCC4)c4cc(-c5ccc6oc7ccccc7c6c5)cc2c43)CC1. The van der Waals surface area contributed by atoms with E-state index in [9.17, 15) is 0 Å². The van der Waals surface area contributed by atoms with Gasteiger partial charge in [0.2, 0.25) is 0 Å². The van der Waals surface area contributed by atoms with E-state index >= 15 is 0 Å². The van der Waals surface area contributed by atoms with Crippen LogP contribution in [0.25, 0.3) is 88.1 Å². The molecule has 470 valence electrons. The average Bonchev–Trinajstić information content (AvgIpc) is 0.834. The van der Waals surface area contributed by atoms with Gasteiger partial charge in [-0.1, -0.05) is 169 Å². The van der Waals surface area contributed by atoms with Crippen LogP contribution in [0.15, 0.2) is 263 Å². The predicted molar refractivity (Wildman–Crippen MR) is 405 cm³/mol. The van der Waals surface area contributed by atoms with Gasteiger partial charge in [-0.05, 0) is 245 Å². The zero-order valence-electron chi connectivity index (χ0n) is 55.0. The van der Waals surface area contributed by atoms with Crippen LogP contribution in [-0.2, 0) is 0 Å². The summed E-state index contributed by atoms with van der Waals surface area (Å²) in [6.07, 6.45) is 42.1. The van der Waals surface area contributed by atoms with Crippen molar-refractivity contribution in [3.05, 3.63) is 259 Å². The number of aromatic nitrogens is 2. The second-order valence-electron chi connectivity index (χ2n) is 29.3. The molecule has 20 rings (SSSR count). The van der Waals surface area contributed by atoms with Gasteiger partial charge < -0.3 is 23.4 Å². The highest BCUT2D eigenvalue weighted by Gasteiger charge is 2.51. The summed E-state index contributed by atoms with van der Waals surface area (Å²) in [6.45, 7) is -0.0665. The third-order valence-electron chi connectivity index (χ3n) is 24.3. The number of hydrogen-bond acceptors (Lipinski definition) is 3. The lowest BCUT2D eigenvalue weighted by Crippen LogP contribution is -2.65. The first-order valence-electron chi connectivity index (χ1n) is 36.7. The molecule has 0 bridgehead atoms. The summed E-state index contributed by atoms with van der Waals surface area (Å²) >= 11 is 0. The molecular formula is C90H81BN4O. The van der Waals surface area contributed by atoms with E-state index in [0.717, 1.165) is 62.5 Å². The van der Waals surface area contributed by atoms with Crippen LogP contribution in [0.5, 0.6) is 0 Å². The summed E-state index contributed by atoms with van der Waals surface area (Å²) < 4.78 is 11.9. The average molecular weight is 1250 g/mol. The Hall–Kier alpha value is -9.52. The van der Waals surface area contributed by atoms with Gasteiger partial charge in [-0.3, -0.25) is 0 Å². The molecule has 5 nitrogen and oxygen atoms in total. The van der Waals surface area contributed by atoms with E-state index in [-0.39, 0.29) is 18.8 Å². The number of rotatable bonds is 9. The van der Waals surface area contributed by atoms with Crippen LogP contribution in [-0.4, -0.2) is 27.9 Å². The number of hydrogen-bond donors (Lipinski definition) is 0. The number of anilines is 4. The number of furan rings is 1. The van der Waals surface area contributed by atoms with Crippen molar-refractivity contribution in [1.82, 2.24) is 9.13 Å². The monoisotopic (exact) mass is 1240 g/mol. The fourth-order valence-corrected chi connectivity index (χ4v) is 20.1. The van der Waals surface area contributed by atoms with E-state index in [0.29, 0.717) is 23.7 Å². The number of allylic oxidation sites excluding steroid dienone is 8. The maximum absolute atomic E-state index is 6.69. The fourth-order valence-electron chi connectivity index (χ4n) is 20.1. The Morgan fingerprint density at radius 1 is 0.354 bits per heavy atom. The maximum atomic E-state index is 6.69. The number of para-hydroxylation sites is 5. The van der Waals surface area contributed by atoms with E-state index < -0.39 is 0 Å². The molecule has 6 unspecified atom stereocenters. The number of fused-ring (bicyclic) bond motifs is 13. The molecule has 5 heterocycles. The Morgan fingerprint density at radius 2 is 0.823 bits per heavy atom. The fraction of sp³-hybridized carbons (Fsp3) is 0.267. The molecule has 0 amide bonds. The Labute approximate surface area is 564 Å². The van der Waals surface area contributed by atoms with E-state index in [2.05, 4.69) is 256 Å². The highest BCUT2D eigenvalue weighted by atomic mass is 16.3. The smallest absolute Gasteiger partial charge is 0.252 e. The van der Waals surface area contributed by atoms with Crippen LogP contribution in [0, 0.1) is 23.7 Å². The van der Waals surface area contributed by atoms with Crippen LogP contribution in [0.2, 0.25) is 0 Å². The third kappa shape index (κ3) is 8.95. The standard InChI is InChI=1S/C90H81BN4O/c1-5-25-58(26-6-1)66-38-23-39-67(59-27-7-2-8-28-59)89(66)94-82-56-64(92-78-42-18-13-33-70(78)71-34-14-19-43-79(71)92)48-50-76(82)91-77-51-49-65(93-80-44-20-15-35-72(80)73-36-16-21-45-81(73)93)57-83(77)95(90-68(60-29-9-3-10-30-60)40-24-41-69(90)61-31-11-4-12-32-61)85-55-63(54-84(94)88(85)91)62-47-52-87-75(53-62)74-37-17-22-46-86(74)96-87/h1,3,5,9,13-22,27,31,33-38,40,42-58,60,67,69,89-90H,2,4,6-8,10-12,23-26,28-30,32,39,41H2. The van der Waals surface area contributed by atoms with Gasteiger partial charge in [0.05, 0.1) is 34.2 Å². The predicted octanol–water partition coefficient (Wildman–Crippen LogP) is 22.0. The van der Waals surface area contributed by atoms with Gasteiger partial charge in [0, 0.05) is 78.3 Å². The van der Waals surface area contributed by atoms with Gasteiger partial charge in [0.15, 0.2) is 0 Å².